The minimum atomic E-state index is -3.82. The average molecular weight is 374 g/mol. The summed E-state index contributed by atoms with van der Waals surface area (Å²) in [7, 11) is -3.82. The summed E-state index contributed by atoms with van der Waals surface area (Å²) in [6, 6.07) is 15.3. The number of hydrazone groups is 1. The molecular weight excluding hydrogens is 352 g/mol. The van der Waals surface area contributed by atoms with Crippen LogP contribution in [0.3, 0.4) is 0 Å². The normalized spacial score (nSPS) is 14.0. The van der Waals surface area contributed by atoms with Crippen molar-refractivity contribution in [2.45, 2.75) is 31.1 Å². The van der Waals surface area contributed by atoms with E-state index in [1.807, 2.05) is 13.0 Å². The van der Waals surface area contributed by atoms with E-state index in [2.05, 4.69) is 9.93 Å². The molecule has 0 fully saturated rings. The van der Waals surface area contributed by atoms with Crippen molar-refractivity contribution in [3.05, 3.63) is 65.7 Å². The van der Waals surface area contributed by atoms with Crippen LogP contribution in [0.4, 0.5) is 0 Å². The second-order valence-electron chi connectivity index (χ2n) is 5.95. The number of nitrogens with zero attached hydrogens (tertiary/aromatic N) is 1. The summed E-state index contributed by atoms with van der Waals surface area (Å²) in [5, 5.41) is 3.83. The summed E-state index contributed by atoms with van der Waals surface area (Å²) < 4.78 is 29.8. The van der Waals surface area contributed by atoms with Gasteiger partial charge in [-0.1, -0.05) is 48.0 Å². The summed E-state index contributed by atoms with van der Waals surface area (Å²) in [5.74, 6) is -0.510. The highest BCUT2D eigenvalue weighted by Gasteiger charge is 2.35. The Hall–Kier alpha value is -2.67. The molecule has 0 aliphatic carbocycles. The molecule has 0 bridgehead atoms. The SMILES string of the molecule is CCOC(=O)[C@](C)(/C=N\NS(=O)(=O)c1ccc(C)cc1)c1ccccc1. The minimum Gasteiger partial charge on any atom is -0.465 e. The molecule has 0 saturated carbocycles. The van der Waals surface area contributed by atoms with E-state index in [0.717, 1.165) is 5.56 Å². The zero-order chi connectivity index (χ0) is 19.2. The molecule has 0 heterocycles. The molecule has 2 aromatic carbocycles. The molecule has 0 aliphatic rings. The Bertz CT molecular complexity index is 878. The molecule has 0 aromatic heterocycles. The molecule has 0 saturated heterocycles. The molecule has 0 spiro atoms. The molecule has 1 atom stereocenters. The Kier molecular flexibility index (Phi) is 6.15. The summed E-state index contributed by atoms with van der Waals surface area (Å²) in [4.78, 5) is 14.7. The monoisotopic (exact) mass is 374 g/mol. The van der Waals surface area contributed by atoms with Crippen molar-refractivity contribution in [2.75, 3.05) is 6.61 Å². The second-order valence-corrected chi connectivity index (χ2v) is 7.62. The van der Waals surface area contributed by atoms with Gasteiger partial charge in [0, 0.05) is 6.21 Å². The van der Waals surface area contributed by atoms with E-state index < -0.39 is 21.4 Å². The number of benzene rings is 2. The molecule has 7 heteroatoms. The van der Waals surface area contributed by atoms with Crippen molar-refractivity contribution in [2.24, 2.45) is 5.10 Å². The van der Waals surface area contributed by atoms with E-state index >= 15 is 0 Å². The fourth-order valence-corrected chi connectivity index (χ4v) is 3.10. The first-order valence-corrected chi connectivity index (χ1v) is 9.63. The topological polar surface area (TPSA) is 84.8 Å². The van der Waals surface area contributed by atoms with Crippen LogP contribution in [0, 0.1) is 6.92 Å². The van der Waals surface area contributed by atoms with Gasteiger partial charge in [0.05, 0.1) is 11.5 Å². The third kappa shape index (κ3) is 4.49. The number of carbonyl (C=O) groups is 1. The molecule has 1 N–H and O–H groups in total. The predicted molar refractivity (Wildman–Crippen MR) is 100 cm³/mol. The van der Waals surface area contributed by atoms with Gasteiger partial charge >= 0.3 is 5.97 Å². The van der Waals surface area contributed by atoms with Crippen molar-refractivity contribution >= 4 is 22.2 Å². The predicted octanol–water partition coefficient (Wildman–Crippen LogP) is 2.78. The van der Waals surface area contributed by atoms with Crippen molar-refractivity contribution < 1.29 is 17.9 Å². The molecule has 0 amide bonds. The van der Waals surface area contributed by atoms with Crippen LogP contribution in [-0.4, -0.2) is 27.2 Å². The van der Waals surface area contributed by atoms with Gasteiger partial charge < -0.3 is 4.74 Å². The Balaban J connectivity index is 2.28. The third-order valence-electron chi connectivity index (χ3n) is 3.90. The van der Waals surface area contributed by atoms with Crippen molar-refractivity contribution in [3.63, 3.8) is 0 Å². The van der Waals surface area contributed by atoms with Gasteiger partial charge in [0.15, 0.2) is 0 Å². The van der Waals surface area contributed by atoms with Gasteiger partial charge in [0.2, 0.25) is 0 Å². The highest BCUT2D eigenvalue weighted by atomic mass is 32.2. The summed E-state index contributed by atoms with van der Waals surface area (Å²) in [6.45, 7) is 5.42. The number of hydrogen-bond donors (Lipinski definition) is 1. The van der Waals surface area contributed by atoms with Gasteiger partial charge in [0.25, 0.3) is 10.0 Å². The largest absolute Gasteiger partial charge is 0.465 e. The van der Waals surface area contributed by atoms with Crippen LogP contribution >= 0.6 is 0 Å². The maximum atomic E-state index is 12.4. The van der Waals surface area contributed by atoms with Crippen LogP contribution in [0.15, 0.2) is 64.6 Å². The van der Waals surface area contributed by atoms with Gasteiger partial charge in [-0.25, -0.2) is 4.83 Å². The molecule has 0 radical (unpaired) electrons. The molecular formula is C19H22N2O4S. The zero-order valence-electron chi connectivity index (χ0n) is 15.0. The van der Waals surface area contributed by atoms with Gasteiger partial charge in [-0.15, -0.1) is 0 Å². The Morgan fingerprint density at radius 3 is 2.35 bits per heavy atom. The van der Waals surface area contributed by atoms with Crippen LogP contribution in [0.2, 0.25) is 0 Å². The first-order chi connectivity index (χ1) is 12.3. The van der Waals surface area contributed by atoms with Crippen molar-refractivity contribution in [1.29, 1.82) is 0 Å². The van der Waals surface area contributed by atoms with E-state index in [-0.39, 0.29) is 11.5 Å². The van der Waals surface area contributed by atoms with Gasteiger partial charge in [-0.3, -0.25) is 4.79 Å². The molecule has 138 valence electrons. The number of ether oxygens (including phenoxy) is 1. The zero-order valence-corrected chi connectivity index (χ0v) is 15.8. The van der Waals surface area contributed by atoms with Crippen molar-refractivity contribution in [1.82, 2.24) is 4.83 Å². The highest BCUT2D eigenvalue weighted by molar-refractivity contribution is 7.89. The van der Waals surface area contributed by atoms with E-state index in [1.165, 1.54) is 18.3 Å². The Labute approximate surface area is 153 Å². The van der Waals surface area contributed by atoms with Crippen LogP contribution in [0.1, 0.15) is 25.0 Å². The lowest BCUT2D eigenvalue weighted by Crippen LogP contribution is -2.37. The summed E-state index contributed by atoms with van der Waals surface area (Å²) >= 11 is 0. The first kappa shape index (κ1) is 19.7. The van der Waals surface area contributed by atoms with Crippen LogP contribution in [0.5, 0.6) is 0 Å². The van der Waals surface area contributed by atoms with Gasteiger partial charge in [-0.2, -0.15) is 13.5 Å². The molecule has 2 rings (SSSR count). The van der Waals surface area contributed by atoms with Gasteiger partial charge in [-0.05, 0) is 38.5 Å². The highest BCUT2D eigenvalue weighted by Crippen LogP contribution is 2.23. The number of rotatable bonds is 7. The smallest absolute Gasteiger partial charge is 0.321 e. The maximum Gasteiger partial charge on any atom is 0.321 e. The van der Waals surface area contributed by atoms with Crippen LogP contribution in [-0.2, 0) is 25.0 Å². The lowest BCUT2D eigenvalue weighted by molar-refractivity contribution is -0.146. The number of carbonyl (C=O) groups excluding carboxylic acids is 1. The molecule has 2 aromatic rings. The van der Waals surface area contributed by atoms with E-state index in [9.17, 15) is 13.2 Å². The molecule has 26 heavy (non-hydrogen) atoms. The van der Waals surface area contributed by atoms with E-state index in [4.69, 9.17) is 4.74 Å². The fourth-order valence-electron chi connectivity index (χ4n) is 2.31. The molecule has 6 nitrogen and oxygen atoms in total. The molecule has 0 unspecified atom stereocenters. The maximum absolute atomic E-state index is 12.4. The fraction of sp³-hybridized carbons (Fsp3) is 0.263. The average Bonchev–Trinajstić information content (AvgIpc) is 2.62. The lowest BCUT2D eigenvalue weighted by atomic mass is 9.84. The van der Waals surface area contributed by atoms with Crippen LogP contribution < -0.4 is 4.83 Å². The Morgan fingerprint density at radius 1 is 1.15 bits per heavy atom. The second kappa shape index (κ2) is 8.14. The van der Waals surface area contributed by atoms with Crippen LogP contribution in [0.25, 0.3) is 0 Å². The standard InChI is InChI=1S/C19H22N2O4S/c1-4-25-18(22)19(3,16-8-6-5-7-9-16)14-20-21-26(23,24)17-12-10-15(2)11-13-17/h5-14,21H,4H2,1-3H3/b20-14-/t19-/m1/s1. The summed E-state index contributed by atoms with van der Waals surface area (Å²) in [6.07, 6.45) is 1.26. The quantitative estimate of drug-likeness (QED) is 0.459. The van der Waals surface area contributed by atoms with Gasteiger partial charge in [0.1, 0.15) is 5.41 Å². The first-order valence-electron chi connectivity index (χ1n) is 8.15. The molecule has 0 aliphatic heterocycles. The van der Waals surface area contributed by atoms with E-state index in [0.29, 0.717) is 5.56 Å². The number of hydrogen-bond acceptors (Lipinski definition) is 5. The summed E-state index contributed by atoms with van der Waals surface area (Å²) in [5.41, 5.74) is 0.385. The number of esters is 1. The lowest BCUT2D eigenvalue weighted by Gasteiger charge is -2.23. The minimum absolute atomic E-state index is 0.0952. The number of nitrogens with one attached hydrogen (secondary N) is 1. The van der Waals surface area contributed by atoms with Crippen molar-refractivity contribution in [3.8, 4) is 0 Å². The Morgan fingerprint density at radius 2 is 1.77 bits per heavy atom. The van der Waals surface area contributed by atoms with E-state index in [1.54, 1.807) is 50.2 Å². The number of sulfonamides is 1. The number of aryl methyl sites for hydroxylation is 1. The third-order valence-corrected chi connectivity index (χ3v) is 5.14.